The zero-order valence-corrected chi connectivity index (χ0v) is 11.9. The van der Waals surface area contributed by atoms with E-state index in [0.29, 0.717) is 13.0 Å². The third-order valence-corrected chi connectivity index (χ3v) is 3.50. The topological polar surface area (TPSA) is 57.8 Å². The van der Waals surface area contributed by atoms with E-state index in [0.717, 1.165) is 22.2 Å². The van der Waals surface area contributed by atoms with Crippen LogP contribution in [-0.2, 0) is 17.8 Å². The van der Waals surface area contributed by atoms with Gasteiger partial charge in [-0.1, -0.05) is 29.8 Å². The lowest BCUT2D eigenvalue weighted by Gasteiger charge is -2.05. The first-order valence-corrected chi connectivity index (χ1v) is 6.95. The first-order chi connectivity index (χ1) is 10.2. The van der Waals surface area contributed by atoms with Gasteiger partial charge in [-0.05, 0) is 30.2 Å². The quantitative estimate of drug-likeness (QED) is 0.771. The molecule has 0 atom stereocenters. The van der Waals surface area contributed by atoms with Crippen LogP contribution in [0.2, 0.25) is 0 Å². The third kappa shape index (κ3) is 3.11. The number of benzene rings is 1. The largest absolute Gasteiger partial charge is 0.352 e. The van der Waals surface area contributed by atoms with E-state index in [4.69, 9.17) is 0 Å². The first kappa shape index (κ1) is 13.4. The Labute approximate surface area is 123 Å². The predicted octanol–water partition coefficient (Wildman–Crippen LogP) is 2.73. The van der Waals surface area contributed by atoms with Gasteiger partial charge < -0.3 is 10.3 Å². The van der Waals surface area contributed by atoms with E-state index >= 15 is 0 Å². The Morgan fingerprint density at radius 1 is 1.24 bits per heavy atom. The zero-order chi connectivity index (χ0) is 14.7. The van der Waals surface area contributed by atoms with E-state index in [-0.39, 0.29) is 5.91 Å². The number of aromatic amines is 1. The second-order valence-electron chi connectivity index (χ2n) is 5.15. The molecule has 3 aromatic rings. The van der Waals surface area contributed by atoms with Crippen LogP contribution in [0.3, 0.4) is 0 Å². The van der Waals surface area contributed by atoms with Crippen LogP contribution < -0.4 is 5.32 Å². The number of rotatable bonds is 4. The average Bonchev–Trinajstić information content (AvgIpc) is 2.90. The molecule has 106 valence electrons. The molecule has 4 nitrogen and oxygen atoms in total. The van der Waals surface area contributed by atoms with Crippen molar-refractivity contribution in [2.24, 2.45) is 0 Å². The van der Waals surface area contributed by atoms with E-state index in [2.05, 4.69) is 15.3 Å². The lowest BCUT2D eigenvalue weighted by atomic mass is 10.1. The molecule has 0 aliphatic heterocycles. The number of aryl methyl sites for hydroxylation is 1. The molecule has 0 radical (unpaired) electrons. The number of hydrogen-bond acceptors (Lipinski definition) is 2. The zero-order valence-electron chi connectivity index (χ0n) is 11.9. The van der Waals surface area contributed by atoms with Crippen molar-refractivity contribution in [2.45, 2.75) is 19.9 Å². The van der Waals surface area contributed by atoms with E-state index in [1.165, 1.54) is 5.56 Å². The van der Waals surface area contributed by atoms with Gasteiger partial charge in [-0.3, -0.25) is 4.79 Å². The van der Waals surface area contributed by atoms with E-state index in [9.17, 15) is 4.79 Å². The molecule has 0 fully saturated rings. The number of nitrogens with zero attached hydrogens (tertiary/aromatic N) is 1. The number of nitrogens with one attached hydrogen (secondary N) is 2. The van der Waals surface area contributed by atoms with Gasteiger partial charge in [0.2, 0.25) is 5.91 Å². The van der Waals surface area contributed by atoms with Crippen LogP contribution >= 0.6 is 0 Å². The fourth-order valence-corrected chi connectivity index (χ4v) is 2.30. The normalized spacial score (nSPS) is 10.7. The summed E-state index contributed by atoms with van der Waals surface area (Å²) in [6.45, 7) is 2.60. The molecular weight excluding hydrogens is 262 g/mol. The fourth-order valence-electron chi connectivity index (χ4n) is 2.30. The minimum atomic E-state index is 0.0142. The van der Waals surface area contributed by atoms with Gasteiger partial charge in [0.15, 0.2) is 0 Å². The van der Waals surface area contributed by atoms with Crippen LogP contribution in [0.5, 0.6) is 0 Å². The molecule has 2 aromatic heterocycles. The Balaban J connectivity index is 1.62. The van der Waals surface area contributed by atoms with Crippen molar-refractivity contribution >= 4 is 16.9 Å². The van der Waals surface area contributed by atoms with Gasteiger partial charge in [0.25, 0.3) is 0 Å². The number of carbonyl (C=O) groups is 1. The third-order valence-electron chi connectivity index (χ3n) is 3.50. The highest BCUT2D eigenvalue weighted by Crippen LogP contribution is 2.16. The fraction of sp³-hybridized carbons (Fsp3) is 0.176. The second-order valence-corrected chi connectivity index (χ2v) is 5.15. The lowest BCUT2D eigenvalue weighted by molar-refractivity contribution is -0.120. The van der Waals surface area contributed by atoms with Crippen LogP contribution in [0.15, 0.2) is 48.8 Å². The highest BCUT2D eigenvalue weighted by Gasteiger charge is 2.08. The Hall–Kier alpha value is -2.62. The van der Waals surface area contributed by atoms with Gasteiger partial charge in [0.05, 0.1) is 6.42 Å². The van der Waals surface area contributed by atoms with Crippen molar-refractivity contribution in [3.05, 3.63) is 65.5 Å². The van der Waals surface area contributed by atoms with Gasteiger partial charge in [0, 0.05) is 24.3 Å². The van der Waals surface area contributed by atoms with Crippen LogP contribution in [0, 0.1) is 6.92 Å². The van der Waals surface area contributed by atoms with Gasteiger partial charge in [-0.2, -0.15) is 0 Å². The van der Waals surface area contributed by atoms with Gasteiger partial charge in [-0.25, -0.2) is 4.98 Å². The molecule has 0 saturated heterocycles. The Morgan fingerprint density at radius 3 is 2.86 bits per heavy atom. The Bertz CT molecular complexity index is 759. The molecular formula is C17H17N3O. The molecule has 3 rings (SSSR count). The molecule has 2 heterocycles. The van der Waals surface area contributed by atoms with Crippen LogP contribution in [0.1, 0.15) is 16.7 Å². The maximum atomic E-state index is 12.0. The van der Waals surface area contributed by atoms with Crippen LogP contribution in [0.4, 0.5) is 0 Å². The summed E-state index contributed by atoms with van der Waals surface area (Å²) in [7, 11) is 0. The molecule has 0 saturated carbocycles. The number of pyridine rings is 1. The number of carbonyl (C=O) groups excluding carboxylic acids is 1. The molecule has 0 aliphatic rings. The van der Waals surface area contributed by atoms with E-state index in [1.54, 1.807) is 6.20 Å². The van der Waals surface area contributed by atoms with Crippen molar-refractivity contribution < 1.29 is 4.79 Å². The van der Waals surface area contributed by atoms with Crippen molar-refractivity contribution in [3.63, 3.8) is 0 Å². The van der Waals surface area contributed by atoms with Gasteiger partial charge >= 0.3 is 0 Å². The molecule has 0 aliphatic carbocycles. The molecule has 1 aromatic carbocycles. The highest BCUT2D eigenvalue weighted by atomic mass is 16.1. The molecule has 4 heteroatoms. The predicted molar refractivity (Wildman–Crippen MR) is 82.8 cm³/mol. The van der Waals surface area contributed by atoms with Crippen molar-refractivity contribution in [3.8, 4) is 0 Å². The standard InChI is InChI=1S/C17H17N3O/c1-12-4-6-13(7-5-12)10-19-16(21)9-14-11-20-17-15(14)3-2-8-18-17/h2-8,11H,9-10H2,1H3,(H,18,20)(H,19,21). The smallest absolute Gasteiger partial charge is 0.224 e. The monoisotopic (exact) mass is 279 g/mol. The molecule has 0 unspecified atom stereocenters. The minimum absolute atomic E-state index is 0.0142. The summed E-state index contributed by atoms with van der Waals surface area (Å²) >= 11 is 0. The Morgan fingerprint density at radius 2 is 2.05 bits per heavy atom. The number of aromatic nitrogens is 2. The van der Waals surface area contributed by atoms with Crippen LogP contribution in [-0.4, -0.2) is 15.9 Å². The summed E-state index contributed by atoms with van der Waals surface area (Å²) in [5.74, 6) is 0.0142. The van der Waals surface area contributed by atoms with Crippen molar-refractivity contribution in [1.82, 2.24) is 15.3 Å². The summed E-state index contributed by atoms with van der Waals surface area (Å²) in [5, 5.41) is 3.95. The number of H-pyrrole nitrogens is 1. The van der Waals surface area contributed by atoms with Crippen molar-refractivity contribution in [1.29, 1.82) is 0 Å². The first-order valence-electron chi connectivity index (χ1n) is 6.95. The molecule has 21 heavy (non-hydrogen) atoms. The number of fused-ring (bicyclic) bond motifs is 1. The number of amides is 1. The highest BCUT2D eigenvalue weighted by molar-refractivity contribution is 5.87. The lowest BCUT2D eigenvalue weighted by Crippen LogP contribution is -2.24. The van der Waals surface area contributed by atoms with Crippen molar-refractivity contribution in [2.75, 3.05) is 0 Å². The Kier molecular flexibility index (Phi) is 3.69. The average molecular weight is 279 g/mol. The van der Waals surface area contributed by atoms with E-state index < -0.39 is 0 Å². The molecule has 0 spiro atoms. The summed E-state index contributed by atoms with van der Waals surface area (Å²) in [4.78, 5) is 19.4. The van der Waals surface area contributed by atoms with Gasteiger partial charge in [0.1, 0.15) is 5.65 Å². The maximum Gasteiger partial charge on any atom is 0.224 e. The summed E-state index contributed by atoms with van der Waals surface area (Å²) < 4.78 is 0. The van der Waals surface area contributed by atoms with E-state index in [1.807, 2.05) is 49.5 Å². The summed E-state index contributed by atoms with van der Waals surface area (Å²) in [5.41, 5.74) is 4.12. The second kappa shape index (κ2) is 5.79. The minimum Gasteiger partial charge on any atom is -0.352 e. The molecule has 0 bridgehead atoms. The van der Waals surface area contributed by atoms with Gasteiger partial charge in [-0.15, -0.1) is 0 Å². The molecule has 2 N–H and O–H groups in total. The molecule has 1 amide bonds. The summed E-state index contributed by atoms with van der Waals surface area (Å²) in [6.07, 6.45) is 3.95. The summed E-state index contributed by atoms with van der Waals surface area (Å²) in [6, 6.07) is 12.0. The SMILES string of the molecule is Cc1ccc(CNC(=O)Cc2c[nH]c3ncccc23)cc1. The van der Waals surface area contributed by atoms with Crippen LogP contribution in [0.25, 0.3) is 11.0 Å². The maximum absolute atomic E-state index is 12.0. The number of hydrogen-bond donors (Lipinski definition) is 2.